The van der Waals surface area contributed by atoms with Gasteiger partial charge in [0.05, 0.1) is 5.69 Å². The molecule has 0 N–H and O–H groups in total. The van der Waals surface area contributed by atoms with Crippen LogP contribution >= 0.6 is 0 Å². The predicted molar refractivity (Wildman–Crippen MR) is 113 cm³/mol. The van der Waals surface area contributed by atoms with Crippen LogP contribution in [0.25, 0.3) is 11.1 Å². The second kappa shape index (κ2) is 6.87. The maximum Gasteiger partial charge on any atom is 0.0667 e. The van der Waals surface area contributed by atoms with Gasteiger partial charge in [-0.2, -0.15) is 0 Å². The second-order valence-corrected chi connectivity index (χ2v) is 8.79. The van der Waals surface area contributed by atoms with Crippen molar-refractivity contribution in [1.82, 2.24) is 4.98 Å². The molecule has 1 aliphatic rings. The summed E-state index contributed by atoms with van der Waals surface area (Å²) in [6.07, 6.45) is 7.93. The monoisotopic (exact) mass is 345 g/mol. The predicted octanol–water partition coefficient (Wildman–Crippen LogP) is 6.91. The summed E-state index contributed by atoms with van der Waals surface area (Å²) in [6, 6.07) is 15.1. The Kier molecular flexibility index (Phi) is 4.92. The Morgan fingerprint density at radius 2 is 1.73 bits per heavy atom. The molecule has 0 radical (unpaired) electrons. The van der Waals surface area contributed by atoms with E-state index in [-0.39, 0.29) is 10.8 Å². The Morgan fingerprint density at radius 1 is 1.04 bits per heavy atom. The third-order valence-corrected chi connectivity index (χ3v) is 6.10. The number of nitrogens with zero attached hydrogens (tertiary/aromatic N) is 1. The second-order valence-electron chi connectivity index (χ2n) is 8.79. The van der Waals surface area contributed by atoms with Gasteiger partial charge in [-0.05, 0) is 52.2 Å². The summed E-state index contributed by atoms with van der Waals surface area (Å²) in [5, 5.41) is 0. The zero-order chi connectivity index (χ0) is 18.9. The number of aromatic nitrogens is 1. The van der Waals surface area contributed by atoms with Gasteiger partial charge in [-0.15, -0.1) is 0 Å². The number of pyridine rings is 1. The van der Waals surface area contributed by atoms with Crippen LogP contribution < -0.4 is 0 Å². The minimum atomic E-state index is 0.106. The third kappa shape index (κ3) is 3.40. The summed E-state index contributed by atoms with van der Waals surface area (Å²) < 4.78 is 0. The zero-order valence-corrected chi connectivity index (χ0v) is 17.0. The normalized spacial score (nSPS) is 23.4. The van der Waals surface area contributed by atoms with Gasteiger partial charge in [-0.25, -0.2) is 0 Å². The van der Waals surface area contributed by atoms with E-state index >= 15 is 0 Å². The molecule has 0 spiro atoms. The van der Waals surface area contributed by atoms with E-state index < -0.39 is 0 Å². The highest BCUT2D eigenvalue weighted by Crippen LogP contribution is 2.49. The van der Waals surface area contributed by atoms with Crippen LogP contribution in [-0.4, -0.2) is 4.98 Å². The molecule has 1 nitrogen and oxygen atoms in total. The highest BCUT2D eigenvalue weighted by Gasteiger charge is 2.36. The SMILES string of the molecule is CCC1(C)C(c2ccc(C(C)(C)C)cn2)=CC(c2ccccc2)=CC1C. The van der Waals surface area contributed by atoms with Gasteiger partial charge in [-0.1, -0.05) is 84.0 Å². The minimum absolute atomic E-state index is 0.106. The van der Waals surface area contributed by atoms with Crippen LogP contribution in [0.3, 0.4) is 0 Å². The Morgan fingerprint density at radius 3 is 2.27 bits per heavy atom. The largest absolute Gasteiger partial charge is 0.256 e. The van der Waals surface area contributed by atoms with Crippen LogP contribution in [0.2, 0.25) is 0 Å². The van der Waals surface area contributed by atoms with E-state index in [1.807, 2.05) is 0 Å². The first kappa shape index (κ1) is 18.6. The van der Waals surface area contributed by atoms with E-state index in [9.17, 15) is 0 Å². The molecular formula is C25H31N. The number of hydrogen-bond acceptors (Lipinski definition) is 1. The first-order valence-electron chi connectivity index (χ1n) is 9.72. The van der Waals surface area contributed by atoms with Gasteiger partial charge in [0.1, 0.15) is 0 Å². The van der Waals surface area contributed by atoms with Crippen LogP contribution in [0.15, 0.2) is 60.8 Å². The standard InChI is InChI=1S/C25H31N/c1-7-25(6)18(2)15-20(19-11-9-8-10-12-19)16-22(25)23-14-13-21(17-26-23)24(3,4)5/h8-18H,7H2,1-6H3. The van der Waals surface area contributed by atoms with Gasteiger partial charge in [0.25, 0.3) is 0 Å². The Hall–Kier alpha value is -2.15. The lowest BCUT2D eigenvalue weighted by Gasteiger charge is -2.39. The molecule has 2 atom stereocenters. The maximum absolute atomic E-state index is 4.88. The van der Waals surface area contributed by atoms with Crippen molar-refractivity contribution in [2.24, 2.45) is 11.3 Å². The van der Waals surface area contributed by atoms with E-state index in [1.165, 1.54) is 22.3 Å². The third-order valence-electron chi connectivity index (χ3n) is 6.10. The molecule has 2 aromatic rings. The number of benzene rings is 1. The van der Waals surface area contributed by atoms with E-state index in [0.29, 0.717) is 5.92 Å². The summed E-state index contributed by atoms with van der Waals surface area (Å²) in [7, 11) is 0. The summed E-state index contributed by atoms with van der Waals surface area (Å²) in [5.41, 5.74) is 6.56. The van der Waals surface area contributed by atoms with Crippen LogP contribution in [0.1, 0.15) is 64.8 Å². The molecule has 0 fully saturated rings. The summed E-state index contributed by atoms with van der Waals surface area (Å²) in [6.45, 7) is 13.7. The van der Waals surface area contributed by atoms with Crippen molar-refractivity contribution >= 4 is 11.1 Å². The number of allylic oxidation sites excluding steroid dienone is 4. The first-order valence-corrected chi connectivity index (χ1v) is 9.72. The zero-order valence-electron chi connectivity index (χ0n) is 17.0. The van der Waals surface area contributed by atoms with Crippen molar-refractivity contribution in [1.29, 1.82) is 0 Å². The highest BCUT2D eigenvalue weighted by atomic mass is 14.7. The molecule has 1 aromatic heterocycles. The van der Waals surface area contributed by atoms with Crippen molar-refractivity contribution in [2.75, 3.05) is 0 Å². The van der Waals surface area contributed by atoms with Gasteiger partial charge in [0.15, 0.2) is 0 Å². The molecule has 26 heavy (non-hydrogen) atoms. The van der Waals surface area contributed by atoms with Crippen LogP contribution in [0.4, 0.5) is 0 Å². The molecule has 0 saturated heterocycles. The smallest absolute Gasteiger partial charge is 0.0667 e. The number of rotatable bonds is 3. The lowest BCUT2D eigenvalue weighted by molar-refractivity contribution is 0.330. The van der Waals surface area contributed by atoms with E-state index in [1.54, 1.807) is 0 Å². The van der Waals surface area contributed by atoms with Crippen LogP contribution in [0.5, 0.6) is 0 Å². The first-order chi connectivity index (χ1) is 12.3. The van der Waals surface area contributed by atoms with Crippen molar-refractivity contribution in [3.63, 3.8) is 0 Å². The fraction of sp³-hybridized carbons (Fsp3) is 0.400. The van der Waals surface area contributed by atoms with Crippen LogP contribution in [0, 0.1) is 11.3 Å². The molecule has 1 aromatic carbocycles. The van der Waals surface area contributed by atoms with Crippen LogP contribution in [-0.2, 0) is 5.41 Å². The fourth-order valence-electron chi connectivity index (χ4n) is 3.75. The van der Waals surface area contributed by atoms with Gasteiger partial charge in [0.2, 0.25) is 0 Å². The lowest BCUT2D eigenvalue weighted by atomic mass is 9.65. The Bertz CT molecular complexity index is 819. The topological polar surface area (TPSA) is 12.9 Å². The summed E-state index contributed by atoms with van der Waals surface area (Å²) >= 11 is 0. The quantitative estimate of drug-likeness (QED) is 0.589. The summed E-state index contributed by atoms with van der Waals surface area (Å²) in [5.74, 6) is 0.465. The molecule has 0 bridgehead atoms. The van der Waals surface area contributed by atoms with E-state index in [2.05, 4.69) is 102 Å². The van der Waals surface area contributed by atoms with E-state index in [0.717, 1.165) is 12.1 Å². The van der Waals surface area contributed by atoms with Crippen molar-refractivity contribution in [2.45, 2.75) is 53.4 Å². The maximum atomic E-state index is 4.88. The van der Waals surface area contributed by atoms with E-state index in [4.69, 9.17) is 4.98 Å². The molecule has 136 valence electrons. The molecule has 3 rings (SSSR count). The van der Waals surface area contributed by atoms with Crippen molar-refractivity contribution < 1.29 is 0 Å². The van der Waals surface area contributed by atoms with Gasteiger partial charge in [-0.3, -0.25) is 4.98 Å². The van der Waals surface area contributed by atoms with Gasteiger partial charge >= 0.3 is 0 Å². The molecule has 0 amide bonds. The average Bonchev–Trinajstić information content (AvgIpc) is 2.64. The van der Waals surface area contributed by atoms with Gasteiger partial charge < -0.3 is 0 Å². The molecular weight excluding hydrogens is 314 g/mol. The Labute approximate surface area is 158 Å². The molecule has 0 saturated carbocycles. The van der Waals surface area contributed by atoms with Crippen molar-refractivity contribution in [3.8, 4) is 0 Å². The fourth-order valence-corrected chi connectivity index (χ4v) is 3.75. The Balaban J connectivity index is 2.08. The van der Waals surface area contributed by atoms with Crippen molar-refractivity contribution in [3.05, 3.63) is 77.6 Å². The molecule has 2 unspecified atom stereocenters. The minimum Gasteiger partial charge on any atom is -0.256 e. The summed E-state index contributed by atoms with van der Waals surface area (Å²) in [4.78, 5) is 4.88. The molecule has 1 heterocycles. The van der Waals surface area contributed by atoms with Gasteiger partial charge in [0, 0.05) is 11.6 Å². The lowest BCUT2D eigenvalue weighted by Crippen LogP contribution is -2.28. The molecule has 0 aliphatic heterocycles. The molecule has 1 aliphatic carbocycles. The average molecular weight is 346 g/mol. The highest BCUT2D eigenvalue weighted by molar-refractivity contribution is 5.87. The molecule has 1 heteroatoms. The number of hydrogen-bond donors (Lipinski definition) is 0.